The molecule has 0 aliphatic heterocycles. The zero-order valence-electron chi connectivity index (χ0n) is 7.77. The molecule has 0 bridgehead atoms. The molecule has 0 aromatic heterocycles. The molecule has 6 nitrogen and oxygen atoms in total. The van der Waals surface area contributed by atoms with E-state index in [0.717, 1.165) is 12.1 Å². The van der Waals surface area contributed by atoms with Crippen molar-refractivity contribution in [3.63, 3.8) is 0 Å². The smallest absolute Gasteiger partial charge is 0.417 e. The van der Waals surface area contributed by atoms with Gasteiger partial charge in [-0.3, -0.25) is 0 Å². The van der Waals surface area contributed by atoms with E-state index in [0.29, 0.717) is 0 Å². The Morgan fingerprint density at radius 1 is 1.47 bits per heavy atom. The minimum absolute atomic E-state index is 0.135. The summed E-state index contributed by atoms with van der Waals surface area (Å²) in [5.41, 5.74) is 2.45. The van der Waals surface area contributed by atoms with Gasteiger partial charge < -0.3 is 19.9 Å². The van der Waals surface area contributed by atoms with Crippen LogP contribution in [0.1, 0.15) is 0 Å². The number of hydrogen-bond donors (Lipinski definition) is 4. The van der Waals surface area contributed by atoms with Crippen molar-refractivity contribution >= 4 is 13.4 Å². The Bertz CT molecular complexity index is 395. The fourth-order valence-electron chi connectivity index (χ4n) is 0.901. The van der Waals surface area contributed by atoms with E-state index in [1.165, 1.54) is 13.2 Å². The lowest BCUT2D eigenvalue weighted by Gasteiger charge is -2.12. The molecule has 0 fully saturated rings. The van der Waals surface area contributed by atoms with E-state index in [4.69, 9.17) is 14.5 Å². The molecule has 8 heteroatoms. The molecule has 84 valence electrons. The van der Waals surface area contributed by atoms with Crippen molar-refractivity contribution in [3.8, 4) is 5.75 Å². The van der Waals surface area contributed by atoms with Gasteiger partial charge >= 0.3 is 7.75 Å². The number of ether oxygens (including phenoxy) is 1. The highest BCUT2D eigenvalue weighted by molar-refractivity contribution is 7.49. The van der Waals surface area contributed by atoms with E-state index in [1.54, 1.807) is 5.20 Å². The van der Waals surface area contributed by atoms with Gasteiger partial charge in [0.15, 0.2) is 0 Å². The number of anilines is 1. The van der Waals surface area contributed by atoms with Crippen molar-refractivity contribution in [1.82, 2.24) is 5.20 Å². The van der Waals surface area contributed by atoms with Crippen LogP contribution in [0.3, 0.4) is 0 Å². The molecular weight excluding hydrogens is 226 g/mol. The predicted molar refractivity (Wildman–Crippen MR) is 51.8 cm³/mol. The van der Waals surface area contributed by atoms with Gasteiger partial charge in [0.05, 0.1) is 12.8 Å². The monoisotopic (exact) mass is 236 g/mol. The first kappa shape index (κ1) is 11.9. The predicted octanol–water partition coefficient (Wildman–Crippen LogP) is 0.843. The van der Waals surface area contributed by atoms with Gasteiger partial charge in [-0.25, -0.2) is 8.96 Å². The summed E-state index contributed by atoms with van der Waals surface area (Å²) in [4.78, 5) is 17.0. The van der Waals surface area contributed by atoms with Crippen LogP contribution in [0.25, 0.3) is 0 Å². The highest BCUT2D eigenvalue weighted by Crippen LogP contribution is 2.30. The topological polar surface area (TPSA) is 90.8 Å². The lowest BCUT2D eigenvalue weighted by Crippen LogP contribution is -2.18. The molecule has 0 heterocycles. The summed E-state index contributed by atoms with van der Waals surface area (Å²) in [5, 5.41) is 1.75. The highest BCUT2D eigenvalue weighted by Gasteiger charge is 2.12. The fraction of sp³-hybridized carbons (Fsp3) is 0.143. The number of benzene rings is 1. The normalized spacial score (nSPS) is 11.2. The quantitative estimate of drug-likeness (QED) is 0.457. The number of hydrogen-bond acceptors (Lipinski definition) is 3. The van der Waals surface area contributed by atoms with Crippen LogP contribution in [0.5, 0.6) is 5.75 Å². The fourth-order valence-corrected chi connectivity index (χ4v) is 1.17. The summed E-state index contributed by atoms with van der Waals surface area (Å²) >= 11 is 0. The van der Waals surface area contributed by atoms with Crippen molar-refractivity contribution < 1.29 is 23.5 Å². The van der Waals surface area contributed by atoms with E-state index in [-0.39, 0.29) is 11.4 Å². The summed E-state index contributed by atoms with van der Waals surface area (Å²) in [5.74, 6) is -0.371. The van der Waals surface area contributed by atoms with Gasteiger partial charge in [-0.15, -0.1) is 5.20 Å². The lowest BCUT2D eigenvalue weighted by molar-refractivity contribution is 0.361. The van der Waals surface area contributed by atoms with Gasteiger partial charge in [0.1, 0.15) is 11.6 Å². The van der Waals surface area contributed by atoms with E-state index in [2.05, 4.69) is 5.43 Å². The minimum Gasteiger partial charge on any atom is -0.494 e. The maximum Gasteiger partial charge on any atom is 0.417 e. The minimum atomic E-state index is -4.38. The Hall–Kier alpha value is -1.14. The van der Waals surface area contributed by atoms with Crippen LogP contribution in [-0.2, 0) is 4.57 Å². The lowest BCUT2D eigenvalue weighted by atomic mass is 10.3. The third-order valence-electron chi connectivity index (χ3n) is 1.50. The average molecular weight is 236 g/mol. The van der Waals surface area contributed by atoms with Gasteiger partial charge in [-0.05, 0) is 12.1 Å². The number of nitrogens with one attached hydrogen (secondary N) is 2. The largest absolute Gasteiger partial charge is 0.494 e. The van der Waals surface area contributed by atoms with Gasteiger partial charge in [0, 0.05) is 6.07 Å². The van der Waals surface area contributed by atoms with Crippen molar-refractivity contribution in [1.29, 1.82) is 0 Å². The maximum atomic E-state index is 12.7. The molecule has 1 aromatic carbocycles. The molecule has 0 saturated carbocycles. The molecule has 1 rings (SSSR count). The van der Waals surface area contributed by atoms with Gasteiger partial charge in [-0.2, -0.15) is 0 Å². The molecule has 0 atom stereocenters. The Balaban J connectivity index is 2.81. The molecule has 0 radical (unpaired) electrons. The third-order valence-corrected chi connectivity index (χ3v) is 1.90. The summed E-state index contributed by atoms with van der Waals surface area (Å²) in [7, 11) is -3.07. The van der Waals surface area contributed by atoms with Gasteiger partial charge in [0.2, 0.25) is 0 Å². The molecule has 0 aliphatic carbocycles. The molecule has 4 N–H and O–H groups in total. The number of halogens is 1. The van der Waals surface area contributed by atoms with E-state index in [1.807, 2.05) is 0 Å². The summed E-state index contributed by atoms with van der Waals surface area (Å²) < 4.78 is 28.0. The first-order valence-corrected chi connectivity index (χ1v) is 5.46. The average Bonchev–Trinajstić information content (AvgIpc) is 2.14. The van der Waals surface area contributed by atoms with Crippen LogP contribution in [0.2, 0.25) is 0 Å². The van der Waals surface area contributed by atoms with Gasteiger partial charge in [0.25, 0.3) is 0 Å². The standard InChI is InChI=1S/C7H10FN2O4P/c1-14-7-4-5(8)2-3-6(7)9-10-15(11,12)13/h2-4,9H,1H3,(H3,10,11,12,13). The highest BCUT2D eigenvalue weighted by atomic mass is 31.2. The van der Waals surface area contributed by atoms with Crippen molar-refractivity contribution in [3.05, 3.63) is 24.0 Å². The first-order chi connectivity index (χ1) is 6.92. The van der Waals surface area contributed by atoms with Crippen molar-refractivity contribution in [2.75, 3.05) is 12.5 Å². The second kappa shape index (κ2) is 4.59. The van der Waals surface area contributed by atoms with Gasteiger partial charge in [-0.1, -0.05) is 0 Å². The van der Waals surface area contributed by atoms with E-state index >= 15 is 0 Å². The van der Waals surface area contributed by atoms with Crippen molar-refractivity contribution in [2.24, 2.45) is 0 Å². The zero-order valence-corrected chi connectivity index (χ0v) is 8.66. The Morgan fingerprint density at radius 2 is 2.13 bits per heavy atom. The van der Waals surface area contributed by atoms with Crippen LogP contribution >= 0.6 is 7.75 Å². The number of rotatable bonds is 4. The molecule has 0 amide bonds. The van der Waals surface area contributed by atoms with E-state index < -0.39 is 13.6 Å². The van der Waals surface area contributed by atoms with Crippen LogP contribution in [-0.4, -0.2) is 16.9 Å². The number of methoxy groups -OCH3 is 1. The SMILES string of the molecule is COc1cc(F)ccc1NNP(=O)(O)O. The van der Waals surface area contributed by atoms with Crippen molar-refractivity contribution in [2.45, 2.75) is 0 Å². The maximum absolute atomic E-state index is 12.7. The molecule has 0 unspecified atom stereocenters. The van der Waals surface area contributed by atoms with Crippen LogP contribution in [0, 0.1) is 5.82 Å². The second-order valence-corrected chi connectivity index (χ2v) is 3.94. The summed E-state index contributed by atoms with van der Waals surface area (Å²) in [6.45, 7) is 0. The van der Waals surface area contributed by atoms with Crippen LogP contribution in [0.15, 0.2) is 18.2 Å². The third kappa shape index (κ3) is 3.85. The second-order valence-electron chi connectivity index (χ2n) is 2.63. The molecule has 0 aliphatic rings. The first-order valence-electron chi connectivity index (χ1n) is 3.85. The Morgan fingerprint density at radius 3 is 2.67 bits per heavy atom. The molecule has 0 saturated heterocycles. The molecule has 1 aromatic rings. The summed E-state index contributed by atoms with van der Waals surface area (Å²) in [6, 6.07) is 3.51. The zero-order chi connectivity index (χ0) is 11.5. The van der Waals surface area contributed by atoms with Crippen LogP contribution < -0.4 is 15.4 Å². The van der Waals surface area contributed by atoms with E-state index in [9.17, 15) is 8.96 Å². The Labute approximate surface area is 85.3 Å². The molecule has 0 spiro atoms. The Kier molecular flexibility index (Phi) is 3.65. The molecule has 15 heavy (non-hydrogen) atoms. The van der Waals surface area contributed by atoms with Crippen LogP contribution in [0.4, 0.5) is 10.1 Å². The molecular formula is C7H10FN2O4P. The number of hydrazine groups is 1. The summed E-state index contributed by atoms with van der Waals surface area (Å²) in [6.07, 6.45) is 0.